The first-order valence-corrected chi connectivity index (χ1v) is 11.2. The number of rotatable bonds is 5. The van der Waals surface area contributed by atoms with E-state index in [-0.39, 0.29) is 12.3 Å². The molecule has 2 bridgehead atoms. The van der Waals surface area contributed by atoms with Gasteiger partial charge in [-0.15, -0.1) is 0 Å². The van der Waals surface area contributed by atoms with Crippen LogP contribution in [0.1, 0.15) is 46.9 Å². The number of aromatic nitrogens is 1. The maximum absolute atomic E-state index is 12.7. The first-order chi connectivity index (χ1) is 15.7. The maximum atomic E-state index is 12.7. The van der Waals surface area contributed by atoms with E-state index in [0.717, 1.165) is 11.9 Å². The van der Waals surface area contributed by atoms with Gasteiger partial charge in [0, 0.05) is 31.3 Å². The predicted molar refractivity (Wildman–Crippen MR) is 123 cm³/mol. The van der Waals surface area contributed by atoms with Crippen molar-refractivity contribution in [2.75, 3.05) is 6.54 Å². The highest BCUT2D eigenvalue weighted by Crippen LogP contribution is 2.55. The lowest BCUT2D eigenvalue weighted by Gasteiger charge is -2.45. The topological polar surface area (TPSA) is 64.2 Å². The van der Waals surface area contributed by atoms with Crippen LogP contribution in [0.4, 0.5) is 0 Å². The molecule has 0 saturated carbocycles. The minimum atomic E-state index is -0.420. The Bertz CT molecular complexity index is 1340. The van der Waals surface area contributed by atoms with Gasteiger partial charge in [-0.25, -0.2) is 4.79 Å². The lowest BCUT2D eigenvalue weighted by Crippen LogP contribution is -2.39. The number of hydrogen-bond donors (Lipinski definition) is 1. The van der Waals surface area contributed by atoms with Gasteiger partial charge in [0.1, 0.15) is 0 Å². The number of oxazole rings is 1. The highest BCUT2D eigenvalue weighted by Gasteiger charge is 2.42. The molecule has 0 fully saturated rings. The van der Waals surface area contributed by atoms with Crippen LogP contribution in [0.5, 0.6) is 0 Å². The summed E-state index contributed by atoms with van der Waals surface area (Å²) in [6, 6.07) is 24.8. The molecule has 32 heavy (non-hydrogen) atoms. The summed E-state index contributed by atoms with van der Waals surface area (Å²) in [6.45, 7) is 0.952. The normalized spacial score (nSPS) is 20.7. The third kappa shape index (κ3) is 3.00. The van der Waals surface area contributed by atoms with Gasteiger partial charge in [-0.1, -0.05) is 60.7 Å². The Morgan fingerprint density at radius 1 is 0.906 bits per heavy atom. The fraction of sp³-hybridized carbons (Fsp3) is 0.259. The Kier molecular flexibility index (Phi) is 4.49. The highest BCUT2D eigenvalue weighted by atomic mass is 16.4. The van der Waals surface area contributed by atoms with Crippen LogP contribution >= 0.6 is 0 Å². The van der Waals surface area contributed by atoms with E-state index in [1.165, 1.54) is 26.8 Å². The quantitative estimate of drug-likeness (QED) is 0.517. The minimum absolute atomic E-state index is 0.0369. The van der Waals surface area contributed by atoms with Crippen molar-refractivity contribution in [3.63, 3.8) is 0 Å². The van der Waals surface area contributed by atoms with Crippen molar-refractivity contribution in [3.05, 3.63) is 106 Å². The van der Waals surface area contributed by atoms with Crippen LogP contribution in [-0.4, -0.2) is 17.0 Å². The summed E-state index contributed by atoms with van der Waals surface area (Å²) in [5, 5.41) is 3.14. The van der Waals surface area contributed by atoms with Crippen LogP contribution in [0.3, 0.4) is 0 Å². The molecule has 7 rings (SSSR count). The number of nitrogens with one attached hydrogen (secondary N) is 1. The number of benzene rings is 3. The van der Waals surface area contributed by atoms with Crippen LogP contribution in [0.25, 0.3) is 11.1 Å². The molecule has 1 heterocycles. The molecule has 160 valence electrons. The van der Waals surface area contributed by atoms with E-state index >= 15 is 0 Å². The zero-order valence-corrected chi connectivity index (χ0v) is 17.7. The lowest BCUT2D eigenvalue weighted by atomic mass is 9.59. The van der Waals surface area contributed by atoms with Gasteiger partial charge in [0.15, 0.2) is 5.58 Å². The average molecular weight is 425 g/mol. The predicted octanol–water partition coefficient (Wildman–Crippen LogP) is 4.40. The van der Waals surface area contributed by atoms with Gasteiger partial charge >= 0.3 is 5.76 Å². The van der Waals surface area contributed by atoms with Gasteiger partial charge < -0.3 is 9.73 Å². The summed E-state index contributed by atoms with van der Waals surface area (Å²) in [6.07, 6.45) is 1.29. The van der Waals surface area contributed by atoms with E-state index in [2.05, 4.69) is 53.8 Å². The molecule has 0 aliphatic heterocycles. The van der Waals surface area contributed by atoms with Crippen LogP contribution in [-0.2, 0) is 11.3 Å². The molecule has 0 radical (unpaired) electrons. The molecule has 3 aliphatic rings. The Labute approximate surface area is 185 Å². The van der Waals surface area contributed by atoms with E-state index in [1.807, 2.05) is 18.2 Å². The molecule has 0 spiro atoms. The summed E-state index contributed by atoms with van der Waals surface area (Å²) in [5.41, 5.74) is 6.95. The second-order valence-corrected chi connectivity index (χ2v) is 8.83. The van der Waals surface area contributed by atoms with Gasteiger partial charge in [-0.2, -0.15) is 0 Å². The molecule has 4 aromatic rings. The lowest BCUT2D eigenvalue weighted by molar-refractivity contribution is -0.121. The molecule has 1 aromatic heterocycles. The fourth-order valence-corrected chi connectivity index (χ4v) is 5.73. The molecule has 1 amide bonds. The third-order valence-electron chi connectivity index (χ3n) is 7.12. The van der Waals surface area contributed by atoms with Crippen molar-refractivity contribution in [1.82, 2.24) is 9.88 Å². The standard InChI is InChI=1S/C27H24N2O3/c30-25(13-14-29-23-11-5-6-12-24(23)32-27(29)31)28-16-17-15-22-18-7-1-3-9-20(18)26(17)21-10-4-2-8-19(21)22/h1-12,17,22,26H,13-16H2,(H,28,30)/t17-,22?,26?/m0/s1. The largest absolute Gasteiger partial charge is 0.419 e. The molecule has 0 unspecified atom stereocenters. The van der Waals surface area contributed by atoms with Crippen molar-refractivity contribution in [2.45, 2.75) is 31.2 Å². The van der Waals surface area contributed by atoms with Crippen molar-refractivity contribution >= 4 is 17.0 Å². The van der Waals surface area contributed by atoms with Gasteiger partial charge in [0.2, 0.25) is 5.91 Å². The molecular weight excluding hydrogens is 400 g/mol. The summed E-state index contributed by atoms with van der Waals surface area (Å²) in [7, 11) is 0. The van der Waals surface area contributed by atoms with Crippen molar-refractivity contribution in [3.8, 4) is 0 Å². The average Bonchev–Trinajstić information content (AvgIpc) is 3.16. The molecule has 1 atom stereocenters. The number of amides is 1. The molecular formula is C27H24N2O3. The van der Waals surface area contributed by atoms with Gasteiger partial charge in [0.25, 0.3) is 0 Å². The van der Waals surface area contributed by atoms with E-state index in [1.54, 1.807) is 6.07 Å². The molecule has 3 aliphatic carbocycles. The highest BCUT2D eigenvalue weighted by molar-refractivity contribution is 5.77. The Balaban J connectivity index is 1.17. The van der Waals surface area contributed by atoms with E-state index in [4.69, 9.17) is 4.42 Å². The van der Waals surface area contributed by atoms with Crippen LogP contribution in [0.15, 0.2) is 82.0 Å². The van der Waals surface area contributed by atoms with E-state index in [0.29, 0.717) is 36.4 Å². The second-order valence-electron chi connectivity index (χ2n) is 8.83. The smallest absolute Gasteiger partial charge is 0.408 e. The number of para-hydroxylation sites is 2. The number of hydrogen-bond acceptors (Lipinski definition) is 3. The molecule has 3 aromatic carbocycles. The number of aryl methyl sites for hydroxylation is 1. The number of carbonyl (C=O) groups excluding carboxylic acids is 1. The van der Waals surface area contributed by atoms with Crippen LogP contribution in [0.2, 0.25) is 0 Å². The second kappa shape index (κ2) is 7.52. The number of fused-ring (bicyclic) bond motifs is 2. The van der Waals surface area contributed by atoms with Crippen molar-refractivity contribution < 1.29 is 9.21 Å². The summed E-state index contributed by atoms with van der Waals surface area (Å²) in [4.78, 5) is 24.8. The Morgan fingerprint density at radius 2 is 1.53 bits per heavy atom. The van der Waals surface area contributed by atoms with Crippen LogP contribution < -0.4 is 11.1 Å². The third-order valence-corrected chi connectivity index (χ3v) is 7.12. The molecule has 5 heteroatoms. The van der Waals surface area contributed by atoms with E-state index in [9.17, 15) is 9.59 Å². The maximum Gasteiger partial charge on any atom is 0.419 e. The summed E-state index contributed by atoms with van der Waals surface area (Å²) in [5.74, 6) is 0.617. The Morgan fingerprint density at radius 3 is 2.25 bits per heavy atom. The fourth-order valence-electron chi connectivity index (χ4n) is 5.73. The zero-order chi connectivity index (χ0) is 21.7. The van der Waals surface area contributed by atoms with Gasteiger partial charge in [-0.05, 0) is 46.7 Å². The molecule has 0 saturated heterocycles. The zero-order valence-electron chi connectivity index (χ0n) is 17.7. The summed E-state index contributed by atoms with van der Waals surface area (Å²) >= 11 is 0. The molecule has 5 nitrogen and oxygen atoms in total. The van der Waals surface area contributed by atoms with E-state index < -0.39 is 5.76 Å². The van der Waals surface area contributed by atoms with Crippen LogP contribution in [0, 0.1) is 5.92 Å². The SMILES string of the molecule is O=C(CCn1c(=O)oc2ccccc21)NC[C@@H]1CC2c3ccccc3C1c1ccccc12. The van der Waals surface area contributed by atoms with Gasteiger partial charge in [0.05, 0.1) is 5.52 Å². The minimum Gasteiger partial charge on any atom is -0.408 e. The van der Waals surface area contributed by atoms with Gasteiger partial charge in [-0.3, -0.25) is 9.36 Å². The molecule has 1 N–H and O–H groups in total. The number of nitrogens with zero attached hydrogens (tertiary/aromatic N) is 1. The first-order valence-electron chi connectivity index (χ1n) is 11.2. The van der Waals surface area contributed by atoms with Crippen molar-refractivity contribution in [2.24, 2.45) is 5.92 Å². The monoisotopic (exact) mass is 424 g/mol. The Hall–Kier alpha value is -3.60. The number of carbonyl (C=O) groups is 1. The first kappa shape index (κ1) is 19.1. The summed E-state index contributed by atoms with van der Waals surface area (Å²) < 4.78 is 6.79. The van der Waals surface area contributed by atoms with Crippen molar-refractivity contribution in [1.29, 1.82) is 0 Å².